The average molecular weight is 226 g/mol. The topological polar surface area (TPSA) is 89.3 Å². The minimum absolute atomic E-state index is 0.451. The van der Waals surface area contributed by atoms with Crippen LogP contribution in [0.3, 0.4) is 0 Å². The summed E-state index contributed by atoms with van der Waals surface area (Å²) in [6.45, 7) is 0. The van der Waals surface area contributed by atoms with Crippen molar-refractivity contribution in [2.24, 2.45) is 0 Å². The molecule has 1 aromatic carbocycles. The lowest BCUT2D eigenvalue weighted by molar-refractivity contribution is -0.387. The number of nitrogens with one attached hydrogen (secondary N) is 1. The molecule has 1 N–H and O–H groups in total. The molecule has 1 rings (SSSR count). The van der Waals surface area contributed by atoms with Crippen LogP contribution in [0.1, 0.15) is 0 Å². The molecule has 7 heteroatoms. The lowest BCUT2D eigenvalue weighted by atomic mass is 10.3. The molecule has 0 saturated carbocycles. The first-order valence-electron chi connectivity index (χ1n) is 3.70. The molecule has 0 aliphatic rings. The molecule has 0 amide bonds. The van der Waals surface area contributed by atoms with Gasteiger partial charge in [0.05, 0.1) is 4.92 Å². The highest BCUT2D eigenvalue weighted by Crippen LogP contribution is 2.22. The van der Waals surface area contributed by atoms with E-state index in [1.807, 2.05) is 0 Å². The number of nitrogens with zero attached hydrogens (tertiary/aromatic N) is 1. The number of rotatable bonds is 3. The SMILES string of the molecule is C#CNS(=O)(=O)c1ccccc1[N+](=O)[O-]. The van der Waals surface area contributed by atoms with Crippen molar-refractivity contribution in [3.63, 3.8) is 0 Å². The molecule has 15 heavy (non-hydrogen) atoms. The molecule has 1 aromatic rings. The number of terminal acetylenes is 1. The Hall–Kier alpha value is -2.07. The van der Waals surface area contributed by atoms with Gasteiger partial charge in [0.1, 0.15) is 0 Å². The zero-order valence-corrected chi connectivity index (χ0v) is 8.19. The Balaban J connectivity index is 3.39. The van der Waals surface area contributed by atoms with E-state index in [-0.39, 0.29) is 0 Å². The van der Waals surface area contributed by atoms with E-state index in [1.165, 1.54) is 12.1 Å². The van der Waals surface area contributed by atoms with E-state index in [1.54, 1.807) is 10.8 Å². The third kappa shape index (κ3) is 2.24. The first-order valence-corrected chi connectivity index (χ1v) is 5.18. The van der Waals surface area contributed by atoms with Crippen molar-refractivity contribution < 1.29 is 13.3 Å². The predicted molar refractivity (Wildman–Crippen MR) is 52.3 cm³/mol. The van der Waals surface area contributed by atoms with Crippen LogP contribution in [0.15, 0.2) is 29.2 Å². The van der Waals surface area contributed by atoms with Gasteiger partial charge in [-0.05, 0) is 6.07 Å². The van der Waals surface area contributed by atoms with E-state index in [2.05, 4.69) is 0 Å². The predicted octanol–water partition coefficient (Wildman–Crippen LogP) is 0.464. The summed E-state index contributed by atoms with van der Waals surface area (Å²) in [6, 6.07) is 6.65. The molecule has 0 saturated heterocycles. The van der Waals surface area contributed by atoms with E-state index < -0.39 is 25.5 Å². The number of nitro benzene ring substituents is 1. The average Bonchev–Trinajstić information content (AvgIpc) is 2.17. The molecule has 0 atom stereocenters. The van der Waals surface area contributed by atoms with E-state index in [0.717, 1.165) is 12.1 Å². The van der Waals surface area contributed by atoms with Gasteiger partial charge >= 0.3 is 0 Å². The molecule has 0 bridgehead atoms. The van der Waals surface area contributed by atoms with E-state index in [4.69, 9.17) is 6.42 Å². The highest BCUT2D eigenvalue weighted by molar-refractivity contribution is 7.89. The fourth-order valence-electron chi connectivity index (χ4n) is 0.968. The summed E-state index contributed by atoms with van der Waals surface area (Å²) in [5.41, 5.74) is -0.514. The molecular formula is C8H6N2O4S. The Morgan fingerprint density at radius 1 is 1.40 bits per heavy atom. The molecule has 0 aliphatic heterocycles. The van der Waals surface area contributed by atoms with Gasteiger partial charge in [-0.15, -0.1) is 0 Å². The van der Waals surface area contributed by atoms with Gasteiger partial charge in [0.2, 0.25) is 0 Å². The number of hydrogen-bond donors (Lipinski definition) is 1. The zero-order chi connectivity index (χ0) is 11.5. The van der Waals surface area contributed by atoms with Crippen molar-refractivity contribution >= 4 is 15.7 Å². The first kappa shape index (κ1) is 11.0. The Kier molecular flexibility index (Phi) is 2.92. The van der Waals surface area contributed by atoms with Crippen molar-refractivity contribution in [3.8, 4) is 12.5 Å². The summed E-state index contributed by atoms with van der Waals surface area (Å²) >= 11 is 0. The van der Waals surface area contributed by atoms with Gasteiger partial charge in [-0.25, -0.2) is 13.1 Å². The monoisotopic (exact) mass is 226 g/mol. The summed E-state index contributed by atoms with van der Waals surface area (Å²) in [5.74, 6) is 0. The highest BCUT2D eigenvalue weighted by Gasteiger charge is 2.23. The molecular weight excluding hydrogens is 220 g/mol. The van der Waals surface area contributed by atoms with Crippen LogP contribution < -0.4 is 4.72 Å². The normalized spacial score (nSPS) is 10.3. The van der Waals surface area contributed by atoms with Crippen LogP contribution in [0.2, 0.25) is 0 Å². The van der Waals surface area contributed by atoms with Crippen molar-refractivity contribution in [2.75, 3.05) is 0 Å². The smallest absolute Gasteiger partial charge is 0.258 e. The lowest BCUT2D eigenvalue weighted by Gasteiger charge is -2.02. The molecule has 0 radical (unpaired) electrons. The number of sulfonamides is 1. The van der Waals surface area contributed by atoms with Gasteiger partial charge in [0.15, 0.2) is 4.90 Å². The van der Waals surface area contributed by atoms with Gasteiger partial charge in [0.25, 0.3) is 15.7 Å². The lowest BCUT2D eigenvalue weighted by Crippen LogP contribution is -2.19. The van der Waals surface area contributed by atoms with Crippen molar-refractivity contribution in [3.05, 3.63) is 34.4 Å². The maximum atomic E-state index is 11.4. The third-order valence-electron chi connectivity index (χ3n) is 1.54. The largest absolute Gasteiger partial charge is 0.289 e. The van der Waals surface area contributed by atoms with Gasteiger partial charge in [-0.1, -0.05) is 18.6 Å². The quantitative estimate of drug-likeness (QED) is 0.351. The molecule has 0 heterocycles. The molecule has 0 aromatic heterocycles. The highest BCUT2D eigenvalue weighted by atomic mass is 32.2. The van der Waals surface area contributed by atoms with Crippen LogP contribution in [0.4, 0.5) is 5.69 Å². The van der Waals surface area contributed by atoms with Crippen molar-refractivity contribution in [1.82, 2.24) is 4.72 Å². The number of para-hydroxylation sites is 1. The van der Waals surface area contributed by atoms with E-state index in [0.29, 0.717) is 0 Å². The van der Waals surface area contributed by atoms with Crippen LogP contribution >= 0.6 is 0 Å². The molecule has 0 spiro atoms. The van der Waals surface area contributed by atoms with Gasteiger partial charge in [-0.2, -0.15) is 0 Å². The summed E-state index contributed by atoms with van der Waals surface area (Å²) in [5, 5.41) is 10.5. The van der Waals surface area contributed by atoms with Crippen LogP contribution in [-0.4, -0.2) is 13.3 Å². The standard InChI is InChI=1S/C8H6N2O4S/c1-2-9-15(13,14)8-6-4-3-5-7(8)10(11)12/h1,3-6,9H. The summed E-state index contributed by atoms with van der Waals surface area (Å²) in [4.78, 5) is 9.30. The Labute approximate surface area is 86.1 Å². The Morgan fingerprint density at radius 3 is 2.53 bits per heavy atom. The molecule has 0 fully saturated rings. The number of benzene rings is 1. The van der Waals surface area contributed by atoms with Crippen LogP contribution in [0.5, 0.6) is 0 Å². The second-order valence-electron chi connectivity index (χ2n) is 2.47. The maximum Gasteiger partial charge on any atom is 0.289 e. The third-order valence-corrected chi connectivity index (χ3v) is 2.86. The minimum Gasteiger partial charge on any atom is -0.258 e. The summed E-state index contributed by atoms with van der Waals surface area (Å²) in [7, 11) is -4.01. The minimum atomic E-state index is -4.01. The van der Waals surface area contributed by atoms with Gasteiger partial charge in [0, 0.05) is 12.1 Å². The van der Waals surface area contributed by atoms with Gasteiger partial charge in [-0.3, -0.25) is 10.1 Å². The van der Waals surface area contributed by atoms with Crippen molar-refractivity contribution in [2.45, 2.75) is 4.90 Å². The van der Waals surface area contributed by atoms with Crippen molar-refractivity contribution in [1.29, 1.82) is 0 Å². The number of nitro groups is 1. The van der Waals surface area contributed by atoms with Crippen LogP contribution in [-0.2, 0) is 10.0 Å². The van der Waals surface area contributed by atoms with Gasteiger partial charge < -0.3 is 0 Å². The fourth-order valence-corrected chi connectivity index (χ4v) is 1.91. The summed E-state index contributed by atoms with van der Waals surface area (Å²) in [6.07, 6.45) is 4.77. The molecule has 78 valence electrons. The van der Waals surface area contributed by atoms with Crippen LogP contribution in [0, 0.1) is 22.6 Å². The maximum absolute atomic E-state index is 11.4. The first-order chi connectivity index (χ1) is 6.99. The second kappa shape index (κ2) is 3.98. The molecule has 0 unspecified atom stereocenters. The van der Waals surface area contributed by atoms with Crippen LogP contribution in [0.25, 0.3) is 0 Å². The van der Waals surface area contributed by atoms with E-state index >= 15 is 0 Å². The number of hydrogen-bond acceptors (Lipinski definition) is 4. The zero-order valence-electron chi connectivity index (χ0n) is 7.38. The molecule has 6 nitrogen and oxygen atoms in total. The summed E-state index contributed by atoms with van der Waals surface area (Å²) < 4.78 is 24.5. The Morgan fingerprint density at radius 2 is 2.00 bits per heavy atom. The Bertz CT molecular complexity index is 530. The van der Waals surface area contributed by atoms with E-state index in [9.17, 15) is 18.5 Å². The second-order valence-corrected chi connectivity index (χ2v) is 4.13. The molecule has 0 aliphatic carbocycles. The fraction of sp³-hybridized carbons (Fsp3) is 0.